The number of carbonyl (C=O) groups excluding carboxylic acids is 2. The first-order chi connectivity index (χ1) is 18.9. The van der Waals surface area contributed by atoms with Gasteiger partial charge in [0.25, 0.3) is 0 Å². The van der Waals surface area contributed by atoms with Gasteiger partial charge in [-0.2, -0.15) is 0 Å². The van der Waals surface area contributed by atoms with Crippen molar-refractivity contribution < 1.29 is 38.8 Å². The van der Waals surface area contributed by atoms with Gasteiger partial charge in [-0.15, -0.1) is 0 Å². The molecule has 0 bridgehead atoms. The average molecular weight is 534 g/mol. The lowest BCUT2D eigenvalue weighted by atomic mass is 9.99. The number of carbonyl (C=O) groups is 3. The molecule has 39 heavy (non-hydrogen) atoms. The number of para-hydroxylation sites is 1. The molecule has 0 radical (unpaired) electrons. The minimum Gasteiger partial charge on any atom is -0.491 e. The van der Waals surface area contributed by atoms with Gasteiger partial charge in [0.05, 0.1) is 6.61 Å². The number of allylic oxidation sites excluding steroid dienone is 1. The van der Waals surface area contributed by atoms with Crippen molar-refractivity contribution in [1.82, 2.24) is 0 Å². The Labute approximate surface area is 226 Å². The van der Waals surface area contributed by atoms with Crippen molar-refractivity contribution in [3.63, 3.8) is 0 Å². The Morgan fingerprint density at radius 3 is 2.33 bits per heavy atom. The lowest BCUT2D eigenvalue weighted by molar-refractivity contribution is -0.131. The Bertz CT molecular complexity index is 1260. The number of aliphatic hydroxyl groups is 1. The Hall–Kier alpha value is -4.63. The number of ether oxygens (including phenoxy) is 3. The normalized spacial score (nSPS) is 12.4. The molecular weight excluding hydrogens is 502 g/mol. The first-order valence-corrected chi connectivity index (χ1v) is 12.4. The third-order valence-corrected chi connectivity index (χ3v) is 5.57. The second-order valence-corrected chi connectivity index (χ2v) is 8.52. The summed E-state index contributed by atoms with van der Waals surface area (Å²) in [7, 11) is 0. The van der Waals surface area contributed by atoms with Crippen molar-refractivity contribution in [2.45, 2.75) is 32.0 Å². The zero-order valence-electron chi connectivity index (χ0n) is 21.5. The van der Waals surface area contributed by atoms with E-state index in [9.17, 15) is 14.4 Å². The number of amides is 1. The van der Waals surface area contributed by atoms with E-state index < -0.39 is 24.3 Å². The van der Waals surface area contributed by atoms with E-state index in [-0.39, 0.29) is 19.0 Å². The molecule has 2 atom stereocenters. The summed E-state index contributed by atoms with van der Waals surface area (Å²) in [4.78, 5) is 35.5. The van der Waals surface area contributed by atoms with E-state index in [1.165, 1.54) is 13.0 Å². The van der Waals surface area contributed by atoms with Crippen LogP contribution in [0.5, 0.6) is 11.5 Å². The number of carboxylic acids is 1. The zero-order chi connectivity index (χ0) is 28.0. The summed E-state index contributed by atoms with van der Waals surface area (Å²) in [6.45, 7) is 1.39. The summed E-state index contributed by atoms with van der Waals surface area (Å²) < 4.78 is 17.7. The van der Waals surface area contributed by atoms with Gasteiger partial charge >= 0.3 is 12.1 Å². The standard InChI is InChI=1S/C30H31NO8/c1-21(33)22-14-16-24(17-15-22)31-30(36)39-29(23-8-7-11-26(20-23)37-19-18-32)27(12-5-6-13-28(34)35)38-25-9-3-2-4-10-25/h2-4,6-11,13-17,20,27,29,32H,5,12,18-19H2,1H3,(H,31,36)(H,34,35)/b13-6+/t27-,29-/m0/s1. The van der Waals surface area contributed by atoms with Crippen LogP contribution >= 0.6 is 0 Å². The molecule has 3 rings (SSSR count). The fraction of sp³-hybridized carbons (Fsp3) is 0.233. The second-order valence-electron chi connectivity index (χ2n) is 8.52. The van der Waals surface area contributed by atoms with E-state index in [2.05, 4.69) is 5.32 Å². The SMILES string of the molecule is CC(=O)c1ccc(NC(=O)O[C@@H](c2cccc(OCCO)c2)[C@H](CC/C=C/C(=O)O)Oc2ccccc2)cc1. The van der Waals surface area contributed by atoms with Crippen LogP contribution in [0.1, 0.15) is 41.8 Å². The highest BCUT2D eigenvalue weighted by Gasteiger charge is 2.29. The maximum atomic E-state index is 13.0. The van der Waals surface area contributed by atoms with Gasteiger partial charge in [-0.3, -0.25) is 10.1 Å². The molecule has 0 saturated carbocycles. The first-order valence-electron chi connectivity index (χ1n) is 12.4. The highest BCUT2D eigenvalue weighted by atomic mass is 16.6. The Morgan fingerprint density at radius 2 is 1.67 bits per heavy atom. The van der Waals surface area contributed by atoms with Gasteiger partial charge in [-0.25, -0.2) is 9.59 Å². The van der Waals surface area contributed by atoms with E-state index in [0.717, 1.165) is 6.08 Å². The van der Waals surface area contributed by atoms with Crippen LogP contribution in [0, 0.1) is 0 Å². The highest BCUT2D eigenvalue weighted by molar-refractivity contribution is 5.95. The largest absolute Gasteiger partial charge is 0.491 e. The molecule has 0 saturated heterocycles. The minimum atomic E-state index is -1.06. The van der Waals surface area contributed by atoms with Crippen molar-refractivity contribution >= 4 is 23.5 Å². The number of rotatable bonds is 14. The number of benzene rings is 3. The lowest BCUT2D eigenvalue weighted by Gasteiger charge is -2.28. The Kier molecular flexibility index (Phi) is 11.1. The van der Waals surface area contributed by atoms with E-state index in [1.807, 2.05) is 18.2 Å². The smallest absolute Gasteiger partial charge is 0.412 e. The molecule has 0 aromatic heterocycles. The van der Waals surface area contributed by atoms with Gasteiger partial charge in [-0.05, 0) is 73.9 Å². The number of Topliss-reactive ketones (excluding diaryl/α,β-unsaturated/α-hetero) is 1. The van der Waals surface area contributed by atoms with Gasteiger partial charge in [0, 0.05) is 17.3 Å². The van der Waals surface area contributed by atoms with Crippen molar-refractivity contribution in [3.8, 4) is 11.5 Å². The minimum absolute atomic E-state index is 0.0923. The number of aliphatic hydroxyl groups excluding tert-OH is 1. The van der Waals surface area contributed by atoms with Crippen molar-refractivity contribution in [2.24, 2.45) is 0 Å². The molecule has 0 aliphatic rings. The zero-order valence-corrected chi connectivity index (χ0v) is 21.5. The third kappa shape index (κ3) is 9.64. The Balaban J connectivity index is 1.90. The van der Waals surface area contributed by atoms with Crippen molar-refractivity contribution in [1.29, 1.82) is 0 Å². The molecule has 0 aliphatic heterocycles. The van der Waals surface area contributed by atoms with E-state index in [4.69, 9.17) is 24.4 Å². The summed E-state index contributed by atoms with van der Waals surface area (Å²) >= 11 is 0. The van der Waals surface area contributed by atoms with Gasteiger partial charge in [0.15, 0.2) is 11.9 Å². The van der Waals surface area contributed by atoms with Crippen molar-refractivity contribution in [2.75, 3.05) is 18.5 Å². The number of nitrogens with one attached hydrogen (secondary N) is 1. The summed E-state index contributed by atoms with van der Waals surface area (Å²) in [6, 6.07) is 22.3. The molecule has 3 aromatic carbocycles. The number of hydrogen-bond donors (Lipinski definition) is 3. The van der Waals surface area contributed by atoms with Gasteiger partial charge in [0.1, 0.15) is 24.2 Å². The fourth-order valence-corrected chi connectivity index (χ4v) is 3.74. The summed E-state index contributed by atoms with van der Waals surface area (Å²) in [6.07, 6.45) is 0.862. The topological polar surface area (TPSA) is 131 Å². The molecule has 204 valence electrons. The molecule has 0 aliphatic carbocycles. The van der Waals surface area contributed by atoms with Crippen LogP contribution < -0.4 is 14.8 Å². The van der Waals surface area contributed by atoms with Crippen LogP contribution in [-0.2, 0) is 9.53 Å². The molecule has 9 nitrogen and oxygen atoms in total. The van der Waals surface area contributed by atoms with Crippen LogP contribution in [0.15, 0.2) is 91.0 Å². The predicted octanol–water partition coefficient (Wildman–Crippen LogP) is 5.42. The van der Waals surface area contributed by atoms with Crippen LogP contribution in [0.25, 0.3) is 0 Å². The molecule has 3 N–H and O–H groups in total. The molecule has 0 heterocycles. The highest BCUT2D eigenvalue weighted by Crippen LogP contribution is 2.31. The van der Waals surface area contributed by atoms with Crippen molar-refractivity contribution in [3.05, 3.63) is 102 Å². The molecule has 0 unspecified atom stereocenters. The van der Waals surface area contributed by atoms with Gasteiger partial charge < -0.3 is 24.4 Å². The number of anilines is 1. The quantitative estimate of drug-likeness (QED) is 0.185. The molecule has 9 heteroatoms. The van der Waals surface area contributed by atoms with Gasteiger partial charge in [0.2, 0.25) is 0 Å². The lowest BCUT2D eigenvalue weighted by Crippen LogP contribution is -2.31. The Morgan fingerprint density at radius 1 is 0.949 bits per heavy atom. The molecule has 3 aromatic rings. The molecular formula is C30H31NO8. The summed E-state index contributed by atoms with van der Waals surface area (Å²) in [5.74, 6) is -0.136. The number of aliphatic carboxylic acids is 1. The van der Waals surface area contributed by atoms with Gasteiger partial charge in [-0.1, -0.05) is 36.4 Å². The van der Waals surface area contributed by atoms with E-state index >= 15 is 0 Å². The average Bonchev–Trinajstić information content (AvgIpc) is 2.93. The maximum absolute atomic E-state index is 13.0. The van der Waals surface area contributed by atoms with E-state index in [0.29, 0.717) is 41.2 Å². The third-order valence-electron chi connectivity index (χ3n) is 5.57. The van der Waals surface area contributed by atoms with Crippen LogP contribution in [0.2, 0.25) is 0 Å². The number of ketones is 1. The molecule has 0 spiro atoms. The van der Waals surface area contributed by atoms with Crippen LogP contribution in [-0.4, -0.2) is 47.4 Å². The molecule has 1 amide bonds. The maximum Gasteiger partial charge on any atom is 0.412 e. The summed E-state index contributed by atoms with van der Waals surface area (Å²) in [5, 5.41) is 20.8. The first kappa shape index (κ1) is 28.9. The summed E-state index contributed by atoms with van der Waals surface area (Å²) in [5.41, 5.74) is 1.53. The van der Waals surface area contributed by atoms with Crippen LogP contribution in [0.3, 0.4) is 0 Å². The van der Waals surface area contributed by atoms with E-state index in [1.54, 1.807) is 60.7 Å². The van der Waals surface area contributed by atoms with Crippen LogP contribution in [0.4, 0.5) is 10.5 Å². The second kappa shape index (κ2) is 14.9. The fourth-order valence-electron chi connectivity index (χ4n) is 3.74. The molecule has 0 fully saturated rings. The predicted molar refractivity (Wildman–Crippen MR) is 145 cm³/mol. The number of carboxylic acid groups (broad SMARTS) is 1. The monoisotopic (exact) mass is 533 g/mol. The number of hydrogen-bond acceptors (Lipinski definition) is 7.